The minimum absolute atomic E-state index is 0.197. The molecule has 6 rings (SSSR count). The van der Waals surface area contributed by atoms with Crippen LogP contribution in [0.4, 0.5) is 0 Å². The second-order valence-electron chi connectivity index (χ2n) is 10.1. The third kappa shape index (κ3) is 4.30. The summed E-state index contributed by atoms with van der Waals surface area (Å²) in [5, 5.41) is 11.2. The molecule has 3 aromatic rings. The second-order valence-corrected chi connectivity index (χ2v) is 11.6. The molecule has 1 aliphatic heterocycles. The minimum atomic E-state index is -0.673. The Balaban J connectivity index is 1.13. The fourth-order valence-corrected chi connectivity index (χ4v) is 7.34. The largest absolute Gasteiger partial charge is 0.481 e. The molecular weight excluding hydrogens is 464 g/mol. The zero-order valence-electron chi connectivity index (χ0n) is 19.2. The van der Waals surface area contributed by atoms with Crippen LogP contribution in [-0.2, 0) is 24.2 Å². The molecule has 2 fully saturated rings. The summed E-state index contributed by atoms with van der Waals surface area (Å²) in [6, 6.07) is 15.2. The zero-order valence-corrected chi connectivity index (χ0v) is 20.7. The molecule has 0 bridgehead atoms. The average molecular weight is 493 g/mol. The lowest BCUT2D eigenvalue weighted by molar-refractivity contribution is -0.147. The van der Waals surface area contributed by atoms with Gasteiger partial charge in [0.05, 0.1) is 21.5 Å². The zero-order chi connectivity index (χ0) is 23.2. The Bertz CT molecular complexity index is 1210. The quantitative estimate of drug-likeness (QED) is 0.440. The fraction of sp³-hybridized carbons (Fsp3) is 0.429. The van der Waals surface area contributed by atoms with Crippen LogP contribution in [0.2, 0.25) is 5.02 Å². The highest BCUT2D eigenvalue weighted by atomic mass is 35.5. The first kappa shape index (κ1) is 22.3. The van der Waals surface area contributed by atoms with E-state index in [1.165, 1.54) is 63.5 Å². The van der Waals surface area contributed by atoms with E-state index in [0.29, 0.717) is 24.9 Å². The van der Waals surface area contributed by atoms with Gasteiger partial charge in [0.15, 0.2) is 0 Å². The lowest BCUT2D eigenvalue weighted by Crippen LogP contribution is -2.49. The van der Waals surface area contributed by atoms with Crippen LogP contribution in [0.5, 0.6) is 0 Å². The van der Waals surface area contributed by atoms with Gasteiger partial charge in [0, 0.05) is 30.6 Å². The average Bonchev–Trinajstić information content (AvgIpc) is 3.26. The monoisotopic (exact) mass is 492 g/mol. The van der Waals surface area contributed by atoms with E-state index < -0.39 is 5.97 Å². The number of thiazole rings is 1. The number of aliphatic carboxylic acids is 1. The molecule has 1 saturated carbocycles. The van der Waals surface area contributed by atoms with Gasteiger partial charge >= 0.3 is 5.97 Å². The van der Waals surface area contributed by atoms with Crippen LogP contribution in [0.3, 0.4) is 0 Å². The highest BCUT2D eigenvalue weighted by Gasteiger charge is 2.33. The summed E-state index contributed by atoms with van der Waals surface area (Å²) >= 11 is 7.98. The number of benzene rings is 2. The van der Waals surface area contributed by atoms with Crippen molar-refractivity contribution in [2.75, 3.05) is 13.1 Å². The lowest BCUT2D eigenvalue weighted by atomic mass is 9.79. The van der Waals surface area contributed by atoms with E-state index in [1.54, 1.807) is 0 Å². The van der Waals surface area contributed by atoms with Gasteiger partial charge in [-0.25, -0.2) is 4.98 Å². The minimum Gasteiger partial charge on any atom is -0.481 e. The SMILES string of the molecule is O=C(O)C1CN(Cc2ccc3c(c2)CCc2nc(C4CCC(c5ccc(Cl)cc5)CC4)sc2-3)C1. The molecule has 0 radical (unpaired) electrons. The Hall–Kier alpha value is -2.21. The van der Waals surface area contributed by atoms with Gasteiger partial charge in [-0.3, -0.25) is 9.69 Å². The molecule has 1 saturated heterocycles. The summed E-state index contributed by atoms with van der Waals surface area (Å²) in [7, 11) is 0. The van der Waals surface area contributed by atoms with E-state index in [-0.39, 0.29) is 5.92 Å². The highest BCUT2D eigenvalue weighted by molar-refractivity contribution is 7.15. The molecular formula is C28H29ClN2O2S. The topological polar surface area (TPSA) is 53.4 Å². The standard InChI is InChI=1S/C28H29ClN2O2S/c29-23-9-6-19(7-10-23)18-2-4-20(5-3-18)27-30-25-12-8-21-13-17(1-11-24(21)26(25)34-27)14-31-15-22(16-31)28(32)33/h1,6-7,9-11,13,18,20,22H,2-5,8,12,14-16H2,(H,32,33). The Morgan fingerprint density at radius 2 is 1.76 bits per heavy atom. The van der Waals surface area contributed by atoms with Crippen LogP contribution in [0.15, 0.2) is 42.5 Å². The highest BCUT2D eigenvalue weighted by Crippen LogP contribution is 2.45. The van der Waals surface area contributed by atoms with Crippen molar-refractivity contribution in [1.29, 1.82) is 0 Å². The van der Waals surface area contributed by atoms with E-state index in [4.69, 9.17) is 21.7 Å². The number of likely N-dealkylation sites (tertiary alicyclic amines) is 1. The third-order valence-electron chi connectivity index (χ3n) is 7.89. The van der Waals surface area contributed by atoms with E-state index in [2.05, 4.69) is 35.2 Å². The van der Waals surface area contributed by atoms with Crippen LogP contribution < -0.4 is 0 Å². The summed E-state index contributed by atoms with van der Waals surface area (Å²) in [5.41, 5.74) is 6.77. The van der Waals surface area contributed by atoms with Crippen LogP contribution in [0.25, 0.3) is 10.4 Å². The molecule has 0 spiro atoms. The number of aromatic nitrogens is 1. The summed E-state index contributed by atoms with van der Waals surface area (Å²) in [5.74, 6) is 0.348. The Kier molecular flexibility index (Phi) is 5.96. The van der Waals surface area contributed by atoms with Crippen molar-refractivity contribution in [3.05, 3.63) is 74.9 Å². The molecule has 4 nitrogen and oxygen atoms in total. The maximum Gasteiger partial charge on any atom is 0.309 e. The molecule has 0 atom stereocenters. The maximum atomic E-state index is 11.1. The number of carbonyl (C=O) groups is 1. The molecule has 0 unspecified atom stereocenters. The Labute approximate surface area is 209 Å². The van der Waals surface area contributed by atoms with Gasteiger partial charge in [0.2, 0.25) is 0 Å². The van der Waals surface area contributed by atoms with Crippen LogP contribution in [0.1, 0.15) is 64.9 Å². The van der Waals surface area contributed by atoms with Crippen molar-refractivity contribution < 1.29 is 9.90 Å². The number of fused-ring (bicyclic) bond motifs is 3. The predicted molar refractivity (Wildman–Crippen MR) is 137 cm³/mol. The van der Waals surface area contributed by atoms with Crippen LogP contribution in [-0.4, -0.2) is 34.0 Å². The first-order valence-corrected chi connectivity index (χ1v) is 13.6. The fourth-order valence-electron chi connectivity index (χ4n) is 5.87. The van der Waals surface area contributed by atoms with Crippen molar-refractivity contribution >= 4 is 28.9 Å². The number of nitrogens with zero attached hydrogens (tertiary/aromatic N) is 2. The number of hydrogen-bond donors (Lipinski definition) is 1. The van der Waals surface area contributed by atoms with Gasteiger partial charge in [-0.2, -0.15) is 0 Å². The van der Waals surface area contributed by atoms with Gasteiger partial charge in [0.1, 0.15) is 0 Å². The molecule has 34 heavy (non-hydrogen) atoms. The molecule has 1 aromatic heterocycles. The number of hydrogen-bond acceptors (Lipinski definition) is 4. The van der Waals surface area contributed by atoms with Crippen molar-refractivity contribution in [1.82, 2.24) is 9.88 Å². The number of halogens is 1. The van der Waals surface area contributed by atoms with Crippen molar-refractivity contribution in [2.24, 2.45) is 5.92 Å². The third-order valence-corrected chi connectivity index (χ3v) is 9.44. The smallest absolute Gasteiger partial charge is 0.309 e. The second kappa shape index (κ2) is 9.10. The molecule has 1 N–H and O–H groups in total. The van der Waals surface area contributed by atoms with E-state index >= 15 is 0 Å². The van der Waals surface area contributed by atoms with E-state index in [0.717, 1.165) is 24.4 Å². The Morgan fingerprint density at radius 3 is 2.50 bits per heavy atom. The summed E-state index contributed by atoms with van der Waals surface area (Å²) in [6.07, 6.45) is 6.91. The van der Waals surface area contributed by atoms with Crippen LogP contribution in [0, 0.1) is 5.92 Å². The summed E-state index contributed by atoms with van der Waals surface area (Å²) in [4.78, 5) is 19.8. The molecule has 2 aromatic carbocycles. The number of rotatable bonds is 5. The summed E-state index contributed by atoms with van der Waals surface area (Å²) < 4.78 is 0. The first-order valence-electron chi connectivity index (χ1n) is 12.4. The number of aryl methyl sites for hydroxylation is 2. The number of carboxylic acid groups (broad SMARTS) is 1. The first-order chi connectivity index (χ1) is 16.5. The van der Waals surface area contributed by atoms with E-state index in [9.17, 15) is 4.79 Å². The predicted octanol–water partition coefficient (Wildman–Crippen LogP) is 6.52. The normalized spacial score (nSPS) is 22.6. The molecule has 176 valence electrons. The van der Waals surface area contributed by atoms with Crippen molar-refractivity contribution in [3.63, 3.8) is 0 Å². The van der Waals surface area contributed by atoms with Crippen LogP contribution >= 0.6 is 22.9 Å². The maximum absolute atomic E-state index is 11.1. The van der Waals surface area contributed by atoms with Gasteiger partial charge < -0.3 is 5.11 Å². The molecule has 3 aliphatic rings. The molecule has 0 amide bonds. The van der Waals surface area contributed by atoms with Gasteiger partial charge in [-0.15, -0.1) is 11.3 Å². The Morgan fingerprint density at radius 1 is 1.03 bits per heavy atom. The summed E-state index contributed by atoms with van der Waals surface area (Å²) in [6.45, 7) is 2.17. The molecule has 6 heteroatoms. The molecule has 2 aliphatic carbocycles. The number of carboxylic acids is 1. The van der Waals surface area contributed by atoms with E-state index in [1.807, 2.05) is 23.5 Å². The van der Waals surface area contributed by atoms with Gasteiger partial charge in [-0.1, -0.05) is 41.9 Å². The lowest BCUT2D eigenvalue weighted by Gasteiger charge is -2.36. The van der Waals surface area contributed by atoms with Crippen molar-refractivity contribution in [3.8, 4) is 10.4 Å². The van der Waals surface area contributed by atoms with Gasteiger partial charge in [-0.05, 0) is 78.8 Å². The van der Waals surface area contributed by atoms with Gasteiger partial charge in [0.25, 0.3) is 0 Å². The molecule has 2 heterocycles. The van der Waals surface area contributed by atoms with Crippen molar-refractivity contribution in [2.45, 2.75) is 56.9 Å².